The molecule has 0 spiro atoms. The molecule has 1 fully saturated rings. The SMILES string of the molecule is CCCCN(CCCC)CC(O)C1CCOC1. The minimum atomic E-state index is -0.203. The third-order valence-corrected chi connectivity index (χ3v) is 3.61. The van der Waals surface area contributed by atoms with Crippen LogP contribution in [0.1, 0.15) is 46.0 Å². The monoisotopic (exact) mass is 243 g/mol. The second-order valence-corrected chi connectivity index (χ2v) is 5.20. The van der Waals surface area contributed by atoms with Crippen LogP contribution in [0.4, 0.5) is 0 Å². The van der Waals surface area contributed by atoms with E-state index in [9.17, 15) is 5.11 Å². The molecule has 2 unspecified atom stereocenters. The quantitative estimate of drug-likeness (QED) is 0.674. The lowest BCUT2D eigenvalue weighted by atomic mass is 10.0. The Balaban J connectivity index is 2.28. The van der Waals surface area contributed by atoms with E-state index in [-0.39, 0.29) is 6.10 Å². The Morgan fingerprint density at radius 1 is 1.24 bits per heavy atom. The standard InChI is InChI=1S/C14H29NO2/c1-3-5-8-15(9-6-4-2)11-14(16)13-7-10-17-12-13/h13-14,16H,3-12H2,1-2H3. The summed E-state index contributed by atoms with van der Waals surface area (Å²) in [6.45, 7) is 9.09. The summed E-state index contributed by atoms with van der Waals surface area (Å²) in [6.07, 6.45) is 5.74. The van der Waals surface area contributed by atoms with Gasteiger partial charge in [-0.25, -0.2) is 0 Å². The number of rotatable bonds is 9. The molecule has 102 valence electrons. The summed E-state index contributed by atoms with van der Waals surface area (Å²) in [5, 5.41) is 10.2. The summed E-state index contributed by atoms with van der Waals surface area (Å²) in [7, 11) is 0. The Morgan fingerprint density at radius 2 is 1.88 bits per heavy atom. The molecule has 0 amide bonds. The van der Waals surface area contributed by atoms with Gasteiger partial charge >= 0.3 is 0 Å². The molecule has 3 nitrogen and oxygen atoms in total. The topological polar surface area (TPSA) is 32.7 Å². The van der Waals surface area contributed by atoms with E-state index < -0.39 is 0 Å². The van der Waals surface area contributed by atoms with Crippen molar-refractivity contribution in [1.82, 2.24) is 4.90 Å². The van der Waals surface area contributed by atoms with Gasteiger partial charge in [-0.15, -0.1) is 0 Å². The lowest BCUT2D eigenvalue weighted by Gasteiger charge is -2.27. The molecule has 2 atom stereocenters. The second kappa shape index (κ2) is 8.90. The van der Waals surface area contributed by atoms with E-state index >= 15 is 0 Å². The van der Waals surface area contributed by atoms with Crippen molar-refractivity contribution >= 4 is 0 Å². The van der Waals surface area contributed by atoms with Crippen LogP contribution in [-0.4, -0.2) is 49.0 Å². The zero-order valence-corrected chi connectivity index (χ0v) is 11.5. The van der Waals surface area contributed by atoms with Gasteiger partial charge in [-0.05, 0) is 32.4 Å². The Morgan fingerprint density at radius 3 is 2.35 bits per heavy atom. The molecule has 1 heterocycles. The molecule has 0 radical (unpaired) electrons. The molecular weight excluding hydrogens is 214 g/mol. The fraction of sp³-hybridized carbons (Fsp3) is 1.00. The highest BCUT2D eigenvalue weighted by Gasteiger charge is 2.25. The molecular formula is C14H29NO2. The van der Waals surface area contributed by atoms with Crippen molar-refractivity contribution in [1.29, 1.82) is 0 Å². The van der Waals surface area contributed by atoms with Crippen LogP contribution in [0.3, 0.4) is 0 Å². The first-order valence-corrected chi connectivity index (χ1v) is 7.26. The van der Waals surface area contributed by atoms with Crippen molar-refractivity contribution in [3.05, 3.63) is 0 Å². The van der Waals surface area contributed by atoms with Crippen LogP contribution in [0.25, 0.3) is 0 Å². The van der Waals surface area contributed by atoms with E-state index in [2.05, 4.69) is 18.7 Å². The van der Waals surface area contributed by atoms with Crippen molar-refractivity contribution < 1.29 is 9.84 Å². The maximum absolute atomic E-state index is 10.2. The summed E-state index contributed by atoms with van der Waals surface area (Å²) in [4.78, 5) is 2.43. The summed E-state index contributed by atoms with van der Waals surface area (Å²) in [6, 6.07) is 0. The molecule has 1 aliphatic heterocycles. The number of ether oxygens (including phenoxy) is 1. The highest BCUT2D eigenvalue weighted by atomic mass is 16.5. The zero-order valence-electron chi connectivity index (χ0n) is 11.5. The Bertz CT molecular complexity index is 173. The van der Waals surface area contributed by atoms with Gasteiger partial charge in [0.15, 0.2) is 0 Å². The average Bonchev–Trinajstić information content (AvgIpc) is 2.86. The average molecular weight is 243 g/mol. The molecule has 1 rings (SSSR count). The van der Waals surface area contributed by atoms with E-state index in [1.54, 1.807) is 0 Å². The predicted molar refractivity (Wildman–Crippen MR) is 71.2 cm³/mol. The molecule has 0 bridgehead atoms. The molecule has 1 saturated heterocycles. The molecule has 0 aromatic carbocycles. The van der Waals surface area contributed by atoms with E-state index in [1.807, 2.05) is 0 Å². The number of aliphatic hydroxyl groups excluding tert-OH is 1. The third-order valence-electron chi connectivity index (χ3n) is 3.61. The first-order chi connectivity index (χ1) is 8.27. The van der Waals surface area contributed by atoms with Gasteiger partial charge in [-0.1, -0.05) is 26.7 Å². The lowest BCUT2D eigenvalue weighted by molar-refractivity contribution is 0.0549. The van der Waals surface area contributed by atoms with Gasteiger partial charge < -0.3 is 14.7 Å². The minimum Gasteiger partial charge on any atom is -0.391 e. The van der Waals surface area contributed by atoms with E-state index in [4.69, 9.17) is 4.74 Å². The fourth-order valence-electron chi connectivity index (χ4n) is 2.33. The predicted octanol–water partition coefficient (Wildman–Crippen LogP) is 2.29. The molecule has 0 aliphatic carbocycles. The van der Waals surface area contributed by atoms with E-state index in [0.29, 0.717) is 5.92 Å². The summed E-state index contributed by atoms with van der Waals surface area (Å²) in [5.41, 5.74) is 0. The van der Waals surface area contributed by atoms with Crippen LogP contribution in [-0.2, 0) is 4.74 Å². The second-order valence-electron chi connectivity index (χ2n) is 5.20. The number of hydrogen-bond donors (Lipinski definition) is 1. The first kappa shape index (κ1) is 14.9. The Hall–Kier alpha value is -0.120. The minimum absolute atomic E-state index is 0.203. The molecule has 0 saturated carbocycles. The number of aliphatic hydroxyl groups is 1. The number of hydrogen-bond acceptors (Lipinski definition) is 3. The molecule has 0 aromatic rings. The summed E-state index contributed by atoms with van der Waals surface area (Å²) < 4.78 is 5.34. The van der Waals surface area contributed by atoms with Crippen LogP contribution in [0.15, 0.2) is 0 Å². The lowest BCUT2D eigenvalue weighted by Crippen LogP contribution is -2.38. The van der Waals surface area contributed by atoms with Gasteiger partial charge in [0.2, 0.25) is 0 Å². The molecule has 1 N–H and O–H groups in total. The van der Waals surface area contributed by atoms with E-state index in [1.165, 1.54) is 25.7 Å². The highest BCUT2D eigenvalue weighted by molar-refractivity contribution is 4.76. The smallest absolute Gasteiger partial charge is 0.0718 e. The van der Waals surface area contributed by atoms with Gasteiger partial charge in [0.1, 0.15) is 0 Å². The van der Waals surface area contributed by atoms with Crippen molar-refractivity contribution in [3.63, 3.8) is 0 Å². The summed E-state index contributed by atoms with van der Waals surface area (Å²) in [5.74, 6) is 0.362. The Kier molecular flexibility index (Phi) is 7.82. The summed E-state index contributed by atoms with van der Waals surface area (Å²) >= 11 is 0. The van der Waals surface area contributed by atoms with Gasteiger partial charge in [-0.2, -0.15) is 0 Å². The van der Waals surface area contributed by atoms with Gasteiger partial charge in [0, 0.05) is 19.1 Å². The van der Waals surface area contributed by atoms with Crippen molar-refractivity contribution in [2.24, 2.45) is 5.92 Å². The van der Waals surface area contributed by atoms with Gasteiger partial charge in [-0.3, -0.25) is 0 Å². The van der Waals surface area contributed by atoms with Gasteiger partial charge in [0.05, 0.1) is 12.7 Å². The molecule has 17 heavy (non-hydrogen) atoms. The number of unbranched alkanes of at least 4 members (excludes halogenated alkanes) is 2. The largest absolute Gasteiger partial charge is 0.391 e. The number of nitrogens with zero attached hydrogens (tertiary/aromatic N) is 1. The van der Waals surface area contributed by atoms with Crippen molar-refractivity contribution in [2.45, 2.75) is 52.1 Å². The van der Waals surface area contributed by atoms with Crippen LogP contribution >= 0.6 is 0 Å². The molecule has 0 aromatic heterocycles. The zero-order chi connectivity index (χ0) is 12.5. The third kappa shape index (κ3) is 5.84. The molecule has 3 heteroatoms. The van der Waals surface area contributed by atoms with Crippen LogP contribution in [0.5, 0.6) is 0 Å². The fourth-order valence-corrected chi connectivity index (χ4v) is 2.33. The highest BCUT2D eigenvalue weighted by Crippen LogP contribution is 2.17. The first-order valence-electron chi connectivity index (χ1n) is 7.26. The van der Waals surface area contributed by atoms with Crippen LogP contribution in [0.2, 0.25) is 0 Å². The van der Waals surface area contributed by atoms with Crippen LogP contribution < -0.4 is 0 Å². The van der Waals surface area contributed by atoms with E-state index in [0.717, 1.165) is 39.3 Å². The normalized spacial score (nSPS) is 22.2. The van der Waals surface area contributed by atoms with Crippen molar-refractivity contribution in [3.8, 4) is 0 Å². The molecule has 1 aliphatic rings. The van der Waals surface area contributed by atoms with Crippen molar-refractivity contribution in [2.75, 3.05) is 32.8 Å². The van der Waals surface area contributed by atoms with Crippen LogP contribution in [0, 0.1) is 5.92 Å². The Labute approximate surface area is 106 Å². The maximum atomic E-state index is 10.2. The maximum Gasteiger partial charge on any atom is 0.0718 e. The van der Waals surface area contributed by atoms with Gasteiger partial charge in [0.25, 0.3) is 0 Å².